The van der Waals surface area contributed by atoms with E-state index in [-0.39, 0.29) is 41.4 Å². The molecule has 254 valence electrons. The van der Waals surface area contributed by atoms with Crippen LogP contribution in [-0.2, 0) is 27.3 Å². The normalized spacial score (nSPS) is 26.9. The average Bonchev–Trinajstić information content (AvgIpc) is 3.73. The molecule has 10 nitrogen and oxygen atoms in total. The molecular formula is C36H50N6O4S. The van der Waals surface area contributed by atoms with Gasteiger partial charge in [0.1, 0.15) is 4.88 Å². The van der Waals surface area contributed by atoms with E-state index in [9.17, 15) is 19.2 Å². The van der Waals surface area contributed by atoms with E-state index >= 15 is 0 Å². The molecular weight excluding hydrogens is 613 g/mol. The first-order valence-electron chi connectivity index (χ1n) is 17.7. The summed E-state index contributed by atoms with van der Waals surface area (Å²) in [6.07, 6.45) is 6.36. The number of nitrogens with one attached hydrogen (secondary N) is 2. The van der Waals surface area contributed by atoms with Crippen molar-refractivity contribution in [2.45, 2.75) is 71.3 Å². The molecule has 0 aliphatic carbocycles. The zero-order chi connectivity index (χ0) is 32.8. The molecule has 0 spiro atoms. The van der Waals surface area contributed by atoms with Crippen molar-refractivity contribution in [3.8, 4) is 0 Å². The maximum absolute atomic E-state index is 13.7. The second-order valence-corrected chi connectivity index (χ2v) is 15.1. The van der Waals surface area contributed by atoms with Crippen molar-refractivity contribution in [1.29, 1.82) is 0 Å². The maximum Gasteiger partial charge on any atom is 0.265 e. The van der Waals surface area contributed by atoms with Crippen LogP contribution in [0.2, 0.25) is 0 Å². The van der Waals surface area contributed by atoms with Crippen molar-refractivity contribution in [3.05, 3.63) is 51.5 Å². The summed E-state index contributed by atoms with van der Waals surface area (Å²) in [7, 11) is 0. The first-order valence-corrected chi connectivity index (χ1v) is 18.5. The summed E-state index contributed by atoms with van der Waals surface area (Å²) in [5, 5.41) is 7.15. The summed E-state index contributed by atoms with van der Waals surface area (Å²) < 4.78 is 0. The van der Waals surface area contributed by atoms with Gasteiger partial charge in [-0.25, -0.2) is 4.98 Å². The largest absolute Gasteiger partial charge is 0.356 e. The Balaban J connectivity index is 1.17. The number of carbonyl (C=O) groups is 4. The highest BCUT2D eigenvalue weighted by Crippen LogP contribution is 2.33. The van der Waals surface area contributed by atoms with Crippen LogP contribution in [0, 0.1) is 30.6 Å². The minimum atomic E-state index is -0.0837. The topological polar surface area (TPSA) is 115 Å². The predicted octanol–water partition coefficient (Wildman–Crippen LogP) is 3.64. The van der Waals surface area contributed by atoms with Gasteiger partial charge in [0.25, 0.3) is 5.91 Å². The lowest BCUT2D eigenvalue weighted by molar-refractivity contribution is -0.133. The highest BCUT2D eigenvalue weighted by Gasteiger charge is 2.37. The Morgan fingerprint density at radius 2 is 1.62 bits per heavy atom. The van der Waals surface area contributed by atoms with Crippen molar-refractivity contribution >= 4 is 35.0 Å². The SMILES string of the molecule is Cc1nc2sc1C(=O)N1CC[C@@H](CC(=O)N3CCCC3)[C@@H](CC(=O)NCC[C@H]3CN(Cc4ccccc4)CC[C@H]3CC(=O)NCC2)C1. The van der Waals surface area contributed by atoms with Crippen molar-refractivity contribution < 1.29 is 19.2 Å². The van der Waals surface area contributed by atoms with Crippen LogP contribution in [0.1, 0.15) is 77.3 Å². The second kappa shape index (κ2) is 15.7. The Morgan fingerprint density at radius 1 is 0.872 bits per heavy atom. The Hall–Kier alpha value is -3.31. The van der Waals surface area contributed by atoms with Gasteiger partial charge in [0, 0.05) is 78.0 Å². The van der Waals surface area contributed by atoms with Gasteiger partial charge in [0.05, 0.1) is 10.7 Å². The number of amides is 4. The lowest BCUT2D eigenvalue weighted by Crippen LogP contribution is -2.46. The van der Waals surface area contributed by atoms with Crippen molar-refractivity contribution in [3.63, 3.8) is 0 Å². The molecule has 1 aromatic carbocycles. The van der Waals surface area contributed by atoms with E-state index in [1.807, 2.05) is 22.8 Å². The van der Waals surface area contributed by atoms with E-state index in [4.69, 9.17) is 0 Å². The van der Waals surface area contributed by atoms with Crippen LogP contribution >= 0.6 is 11.3 Å². The Bertz CT molecular complexity index is 1410. The fourth-order valence-corrected chi connectivity index (χ4v) is 9.08. The predicted molar refractivity (Wildman–Crippen MR) is 182 cm³/mol. The number of hydrogen-bond acceptors (Lipinski definition) is 7. The highest BCUT2D eigenvalue weighted by atomic mass is 32.1. The van der Waals surface area contributed by atoms with E-state index in [1.54, 1.807) is 0 Å². The summed E-state index contributed by atoms with van der Waals surface area (Å²) >= 11 is 1.41. The minimum absolute atomic E-state index is 0.0247. The molecule has 4 atom stereocenters. The van der Waals surface area contributed by atoms with Crippen LogP contribution in [0.3, 0.4) is 0 Å². The standard InChI is InChI=1S/C36H50N6O4S/c1-25-35-36(46)42-18-12-28(21-34(45)41-15-5-6-16-41)30(24-42)20-32(44)37-13-9-29-23-40(22-26-7-3-2-4-8-26)17-11-27(29)19-31(43)38-14-10-33(39-25)47-35/h2-4,7-8,27-30H,5-6,9-24H2,1H3,(H,37,44)(H,38,43)/t27-,28-,29-,30-/m0/s1. The number of nitrogens with zero attached hydrogens (tertiary/aromatic N) is 4. The Kier molecular flexibility index (Phi) is 11.2. The first kappa shape index (κ1) is 33.6. The lowest BCUT2D eigenvalue weighted by atomic mass is 9.80. The number of likely N-dealkylation sites (tertiary alicyclic amines) is 2. The van der Waals surface area contributed by atoms with Gasteiger partial charge in [-0.2, -0.15) is 0 Å². The summed E-state index contributed by atoms with van der Waals surface area (Å²) in [5.41, 5.74) is 1.99. The number of thiazole rings is 1. The van der Waals surface area contributed by atoms with Crippen molar-refractivity contribution in [2.75, 3.05) is 52.4 Å². The molecule has 3 saturated heterocycles. The third-order valence-corrected chi connectivity index (χ3v) is 11.9. The maximum atomic E-state index is 13.7. The lowest BCUT2D eigenvalue weighted by Gasteiger charge is -2.39. The summed E-state index contributed by atoms with van der Waals surface area (Å²) in [6.45, 7) is 8.31. The van der Waals surface area contributed by atoms with Gasteiger partial charge in [-0.3, -0.25) is 24.1 Å². The number of benzene rings is 1. The zero-order valence-corrected chi connectivity index (χ0v) is 28.6. The van der Waals surface area contributed by atoms with Crippen LogP contribution in [0.4, 0.5) is 0 Å². The molecule has 0 saturated carbocycles. The monoisotopic (exact) mass is 662 g/mol. The molecule has 6 rings (SSSR count). The smallest absolute Gasteiger partial charge is 0.265 e. The highest BCUT2D eigenvalue weighted by molar-refractivity contribution is 7.13. The van der Waals surface area contributed by atoms with Gasteiger partial charge >= 0.3 is 0 Å². The van der Waals surface area contributed by atoms with Crippen molar-refractivity contribution in [1.82, 2.24) is 30.3 Å². The summed E-state index contributed by atoms with van der Waals surface area (Å²) in [5.74, 6) is 0.681. The number of piperidine rings is 2. The van der Waals surface area contributed by atoms with Crippen LogP contribution in [0.25, 0.3) is 0 Å². The molecule has 2 N–H and O–H groups in total. The number of hydrogen-bond donors (Lipinski definition) is 2. The number of fused-ring (bicyclic) bond motifs is 5. The van der Waals surface area contributed by atoms with Crippen LogP contribution < -0.4 is 10.6 Å². The molecule has 5 heterocycles. The number of rotatable bonds is 4. The molecule has 1 aromatic heterocycles. The molecule has 0 unspecified atom stereocenters. The van der Waals surface area contributed by atoms with E-state index in [2.05, 4.69) is 44.8 Å². The fourth-order valence-electron chi connectivity index (χ4n) is 8.05. The molecule has 0 radical (unpaired) electrons. The van der Waals surface area contributed by atoms with Crippen molar-refractivity contribution in [2.24, 2.45) is 23.7 Å². The number of carbonyl (C=O) groups excluding carboxylic acids is 4. The third-order valence-electron chi connectivity index (χ3n) is 10.7. The summed E-state index contributed by atoms with van der Waals surface area (Å²) in [4.78, 5) is 65.1. The fraction of sp³-hybridized carbons (Fsp3) is 0.639. The third kappa shape index (κ3) is 8.79. The molecule has 4 aliphatic rings. The van der Waals surface area contributed by atoms with Gasteiger partial charge < -0.3 is 20.4 Å². The van der Waals surface area contributed by atoms with E-state index in [1.165, 1.54) is 16.9 Å². The minimum Gasteiger partial charge on any atom is -0.356 e. The van der Waals surface area contributed by atoms with Crippen LogP contribution in [-0.4, -0.2) is 95.7 Å². The van der Waals surface area contributed by atoms with Gasteiger partial charge in [-0.05, 0) is 74.8 Å². The molecule has 2 aromatic rings. The quantitative estimate of drug-likeness (QED) is 0.517. The average molecular weight is 663 g/mol. The molecule has 4 bridgehead atoms. The summed E-state index contributed by atoms with van der Waals surface area (Å²) in [6, 6.07) is 10.5. The molecule has 4 amide bonds. The number of aromatic nitrogens is 1. The Morgan fingerprint density at radius 3 is 2.40 bits per heavy atom. The molecule has 3 fully saturated rings. The molecule has 47 heavy (non-hydrogen) atoms. The van der Waals surface area contributed by atoms with Gasteiger partial charge in [0.15, 0.2) is 0 Å². The number of aryl methyl sites for hydroxylation is 1. The van der Waals surface area contributed by atoms with Crippen LogP contribution in [0.15, 0.2) is 30.3 Å². The first-order chi connectivity index (χ1) is 22.8. The van der Waals surface area contributed by atoms with Gasteiger partial charge in [0.2, 0.25) is 17.7 Å². The van der Waals surface area contributed by atoms with Gasteiger partial charge in [-0.15, -0.1) is 11.3 Å². The van der Waals surface area contributed by atoms with E-state index in [0.29, 0.717) is 74.8 Å². The second-order valence-electron chi connectivity index (χ2n) is 14.1. The van der Waals surface area contributed by atoms with Gasteiger partial charge in [-0.1, -0.05) is 30.3 Å². The molecule has 4 aliphatic heterocycles. The van der Waals surface area contributed by atoms with E-state index in [0.717, 1.165) is 63.4 Å². The Labute approximate surface area is 282 Å². The zero-order valence-electron chi connectivity index (χ0n) is 27.8. The van der Waals surface area contributed by atoms with Crippen LogP contribution in [0.5, 0.6) is 0 Å². The molecule has 11 heteroatoms. The van der Waals surface area contributed by atoms with E-state index < -0.39 is 0 Å².